The molecule has 146 valence electrons. The van der Waals surface area contributed by atoms with E-state index in [-0.39, 0.29) is 17.1 Å². The second kappa shape index (κ2) is 9.88. The van der Waals surface area contributed by atoms with Crippen molar-refractivity contribution in [2.24, 2.45) is 5.92 Å². The summed E-state index contributed by atoms with van der Waals surface area (Å²) in [6.45, 7) is 13.5. The standard InChI is InChI=1S/C20H38O4Si/c1-16-18(21)14-11-13-17(24-25(5,6)20(2,3)4)12-9-7-8-10-15-23-19(16)22/h11,14,16-18,21H,7-10,12-13,15H2,1-6H3/b14-11-/t16-,17?,18-/m1/s1. The molecular weight excluding hydrogens is 332 g/mol. The van der Waals surface area contributed by atoms with Crippen LogP contribution < -0.4 is 0 Å². The summed E-state index contributed by atoms with van der Waals surface area (Å²) in [4.78, 5) is 11.9. The number of esters is 1. The van der Waals surface area contributed by atoms with Gasteiger partial charge in [0.2, 0.25) is 0 Å². The lowest BCUT2D eigenvalue weighted by atomic mass is 10.0. The Morgan fingerprint density at radius 1 is 1.20 bits per heavy atom. The van der Waals surface area contributed by atoms with Crippen LogP contribution in [0.1, 0.15) is 66.2 Å². The molecule has 1 rings (SSSR count). The molecule has 0 saturated carbocycles. The maximum atomic E-state index is 11.9. The molecule has 0 aromatic heterocycles. The van der Waals surface area contributed by atoms with Gasteiger partial charge in [-0.25, -0.2) is 0 Å². The van der Waals surface area contributed by atoms with E-state index in [1.165, 1.54) is 0 Å². The van der Waals surface area contributed by atoms with Crippen LogP contribution in [0.4, 0.5) is 0 Å². The van der Waals surface area contributed by atoms with Gasteiger partial charge in [0.25, 0.3) is 0 Å². The van der Waals surface area contributed by atoms with E-state index in [2.05, 4.69) is 33.9 Å². The molecule has 0 aromatic carbocycles. The van der Waals surface area contributed by atoms with Crippen LogP contribution in [0, 0.1) is 5.92 Å². The Morgan fingerprint density at radius 3 is 2.48 bits per heavy atom. The first-order chi connectivity index (χ1) is 11.5. The van der Waals surface area contributed by atoms with Gasteiger partial charge in [0.1, 0.15) is 0 Å². The van der Waals surface area contributed by atoms with Crippen molar-refractivity contribution in [3.05, 3.63) is 12.2 Å². The van der Waals surface area contributed by atoms with Crippen LogP contribution in [0.2, 0.25) is 18.1 Å². The van der Waals surface area contributed by atoms with E-state index in [9.17, 15) is 9.90 Å². The summed E-state index contributed by atoms with van der Waals surface area (Å²) in [5.41, 5.74) is 0. The largest absolute Gasteiger partial charge is 0.465 e. The third-order valence-electron chi connectivity index (χ3n) is 5.55. The quantitative estimate of drug-likeness (QED) is 0.430. The van der Waals surface area contributed by atoms with Crippen molar-refractivity contribution < 1.29 is 19.1 Å². The van der Waals surface area contributed by atoms with E-state index in [1.807, 2.05) is 6.08 Å². The van der Waals surface area contributed by atoms with Crippen LogP contribution in [0.5, 0.6) is 0 Å². The van der Waals surface area contributed by atoms with Crippen molar-refractivity contribution >= 4 is 14.3 Å². The molecule has 25 heavy (non-hydrogen) atoms. The summed E-state index contributed by atoms with van der Waals surface area (Å²) in [7, 11) is -1.81. The lowest BCUT2D eigenvalue weighted by molar-refractivity contribution is -0.150. The van der Waals surface area contributed by atoms with E-state index >= 15 is 0 Å². The highest BCUT2D eigenvalue weighted by Crippen LogP contribution is 2.38. The van der Waals surface area contributed by atoms with Crippen molar-refractivity contribution in [2.45, 2.75) is 96.6 Å². The third-order valence-corrected chi connectivity index (χ3v) is 10.1. The molecule has 0 saturated heterocycles. The molecule has 0 aliphatic carbocycles. The van der Waals surface area contributed by atoms with Crippen molar-refractivity contribution in [2.75, 3.05) is 6.61 Å². The molecule has 5 heteroatoms. The number of rotatable bonds is 2. The predicted molar refractivity (Wildman–Crippen MR) is 105 cm³/mol. The lowest BCUT2D eigenvalue weighted by Crippen LogP contribution is -2.43. The van der Waals surface area contributed by atoms with E-state index < -0.39 is 20.3 Å². The molecule has 0 radical (unpaired) electrons. The van der Waals surface area contributed by atoms with E-state index in [1.54, 1.807) is 13.0 Å². The number of carbonyl (C=O) groups excluding carboxylic acids is 1. The summed E-state index contributed by atoms with van der Waals surface area (Å²) >= 11 is 0. The van der Waals surface area contributed by atoms with Crippen LogP contribution in [0.15, 0.2) is 12.2 Å². The average molecular weight is 371 g/mol. The second-order valence-electron chi connectivity index (χ2n) is 8.81. The molecule has 3 atom stereocenters. The fourth-order valence-electron chi connectivity index (χ4n) is 2.63. The highest BCUT2D eigenvalue weighted by molar-refractivity contribution is 6.74. The normalized spacial score (nSPS) is 29.6. The topological polar surface area (TPSA) is 55.8 Å². The molecule has 0 bridgehead atoms. The van der Waals surface area contributed by atoms with Gasteiger partial charge >= 0.3 is 5.97 Å². The number of aliphatic hydroxyl groups is 1. The van der Waals surface area contributed by atoms with Crippen LogP contribution in [0.3, 0.4) is 0 Å². The van der Waals surface area contributed by atoms with Gasteiger partial charge < -0.3 is 14.3 Å². The van der Waals surface area contributed by atoms with Crippen LogP contribution >= 0.6 is 0 Å². The van der Waals surface area contributed by atoms with Gasteiger partial charge in [0.05, 0.1) is 18.6 Å². The highest BCUT2D eigenvalue weighted by Gasteiger charge is 2.38. The molecule has 4 nitrogen and oxygen atoms in total. The fourth-order valence-corrected chi connectivity index (χ4v) is 4.03. The summed E-state index contributed by atoms with van der Waals surface area (Å²) in [6, 6.07) is 0. The number of hydrogen-bond donors (Lipinski definition) is 1. The Balaban J connectivity index is 2.79. The summed E-state index contributed by atoms with van der Waals surface area (Å²) in [5.74, 6) is -0.845. The number of carbonyl (C=O) groups is 1. The highest BCUT2D eigenvalue weighted by atomic mass is 28.4. The third kappa shape index (κ3) is 7.63. The molecule has 1 aliphatic rings. The average Bonchev–Trinajstić information content (AvgIpc) is 2.50. The number of aliphatic hydroxyl groups excluding tert-OH is 1. The molecule has 0 fully saturated rings. The molecule has 1 aliphatic heterocycles. The first-order valence-corrected chi connectivity index (χ1v) is 12.6. The zero-order valence-corrected chi connectivity index (χ0v) is 18.0. The molecule has 1 unspecified atom stereocenters. The smallest absolute Gasteiger partial charge is 0.311 e. The molecule has 0 amide bonds. The zero-order valence-electron chi connectivity index (χ0n) is 17.0. The van der Waals surface area contributed by atoms with Crippen molar-refractivity contribution in [1.82, 2.24) is 0 Å². The van der Waals surface area contributed by atoms with Gasteiger partial charge in [-0.1, -0.05) is 52.2 Å². The van der Waals surface area contributed by atoms with E-state index in [0.717, 1.165) is 38.5 Å². The van der Waals surface area contributed by atoms with E-state index in [4.69, 9.17) is 9.16 Å². The van der Waals surface area contributed by atoms with Crippen molar-refractivity contribution in [3.63, 3.8) is 0 Å². The molecule has 1 N–H and O–H groups in total. The minimum atomic E-state index is -1.81. The van der Waals surface area contributed by atoms with Crippen LogP contribution in [-0.2, 0) is 14.0 Å². The maximum absolute atomic E-state index is 11.9. The number of cyclic esters (lactones) is 1. The minimum absolute atomic E-state index is 0.188. The Bertz CT molecular complexity index is 439. The van der Waals surface area contributed by atoms with Crippen molar-refractivity contribution in [1.29, 1.82) is 0 Å². The summed E-state index contributed by atoms with van der Waals surface area (Å²) in [6.07, 6.45) is 9.12. The van der Waals surface area contributed by atoms with E-state index in [0.29, 0.717) is 6.61 Å². The Kier molecular flexibility index (Phi) is 8.85. The van der Waals surface area contributed by atoms with Crippen LogP contribution in [-0.4, -0.2) is 38.2 Å². The summed E-state index contributed by atoms with van der Waals surface area (Å²) < 4.78 is 11.8. The van der Waals surface area contributed by atoms with Crippen LogP contribution in [0.25, 0.3) is 0 Å². The van der Waals surface area contributed by atoms with Gasteiger partial charge in [-0.2, -0.15) is 0 Å². The molecule has 1 heterocycles. The number of hydrogen-bond acceptors (Lipinski definition) is 4. The predicted octanol–water partition coefficient (Wildman–Crippen LogP) is 4.83. The summed E-state index contributed by atoms with van der Waals surface area (Å²) in [5, 5.41) is 10.4. The molecule has 0 aromatic rings. The second-order valence-corrected chi connectivity index (χ2v) is 13.6. The Hall–Kier alpha value is -0.653. The first-order valence-electron chi connectivity index (χ1n) is 9.74. The fraction of sp³-hybridized carbons (Fsp3) is 0.850. The van der Waals surface area contributed by atoms with Gasteiger partial charge in [0.15, 0.2) is 8.32 Å². The van der Waals surface area contributed by atoms with Gasteiger partial charge in [-0.15, -0.1) is 0 Å². The number of ether oxygens (including phenoxy) is 1. The maximum Gasteiger partial charge on any atom is 0.311 e. The Labute approximate surface area is 155 Å². The monoisotopic (exact) mass is 370 g/mol. The van der Waals surface area contributed by atoms with Crippen molar-refractivity contribution in [3.8, 4) is 0 Å². The zero-order chi connectivity index (χ0) is 19.1. The first kappa shape index (κ1) is 22.4. The van der Waals surface area contributed by atoms with Gasteiger partial charge in [-0.3, -0.25) is 4.79 Å². The lowest BCUT2D eigenvalue weighted by Gasteiger charge is -2.39. The molecular formula is C20H38O4Si. The SMILES string of the molecule is C[C@H]1C(=O)OCCCCCCC(O[Si](C)(C)C(C)(C)C)C/C=C\[C@H]1O. The Morgan fingerprint density at radius 2 is 1.84 bits per heavy atom. The van der Waals surface area contributed by atoms with Gasteiger partial charge in [0, 0.05) is 6.10 Å². The van der Waals surface area contributed by atoms with Gasteiger partial charge in [-0.05, 0) is 44.3 Å². The minimum Gasteiger partial charge on any atom is -0.465 e. The molecule has 0 spiro atoms.